The van der Waals surface area contributed by atoms with Crippen LogP contribution in [0.4, 0.5) is 0 Å². The Morgan fingerprint density at radius 3 is 2.88 bits per heavy atom. The number of hydrogen-bond acceptors (Lipinski definition) is 6. The van der Waals surface area contributed by atoms with Gasteiger partial charge < -0.3 is 9.15 Å². The number of carbonyl (C=O) groups is 1. The van der Waals surface area contributed by atoms with Crippen LogP contribution in [0.15, 0.2) is 58.3 Å². The number of carbonyl (C=O) groups excluding carboxylic acids is 1. The normalized spacial score (nSPS) is 11.0. The molecule has 26 heavy (non-hydrogen) atoms. The van der Waals surface area contributed by atoms with Gasteiger partial charge in [0.15, 0.2) is 12.2 Å². The zero-order valence-electron chi connectivity index (χ0n) is 13.5. The first-order valence-corrected chi connectivity index (χ1v) is 9.13. The van der Waals surface area contributed by atoms with Crippen molar-refractivity contribution >= 4 is 40.0 Å². The van der Waals surface area contributed by atoms with Crippen LogP contribution >= 0.6 is 22.9 Å². The average molecular weight is 385 g/mol. The summed E-state index contributed by atoms with van der Waals surface area (Å²) in [4.78, 5) is 20.8. The first-order chi connectivity index (χ1) is 12.7. The van der Waals surface area contributed by atoms with E-state index in [1.807, 2.05) is 53.9 Å². The predicted molar refractivity (Wildman–Crippen MR) is 100 cm³/mol. The minimum absolute atomic E-state index is 0.00119. The Morgan fingerprint density at radius 1 is 1.15 bits per heavy atom. The predicted octanol–water partition coefficient (Wildman–Crippen LogP) is 4.89. The summed E-state index contributed by atoms with van der Waals surface area (Å²) in [6.07, 6.45) is 0.0945. The molecule has 0 aliphatic carbocycles. The van der Waals surface area contributed by atoms with Gasteiger partial charge in [-0.15, -0.1) is 11.3 Å². The highest BCUT2D eigenvalue weighted by Gasteiger charge is 2.12. The summed E-state index contributed by atoms with van der Waals surface area (Å²) in [6, 6.07) is 14.9. The highest BCUT2D eigenvalue weighted by molar-refractivity contribution is 7.13. The van der Waals surface area contributed by atoms with E-state index >= 15 is 0 Å². The van der Waals surface area contributed by atoms with Crippen LogP contribution in [0.5, 0.6) is 0 Å². The molecule has 7 heteroatoms. The smallest absolute Gasteiger partial charge is 0.312 e. The standard InChI is InChI=1S/C19H13ClN2O3S/c20-13-5-3-4-12(8-13)19-21-14(11-26-19)9-18(23)24-10-17-22-15-6-1-2-7-16(15)25-17/h1-8,11H,9-10H2. The second-order valence-electron chi connectivity index (χ2n) is 5.57. The third-order valence-corrected chi connectivity index (χ3v) is 4.82. The number of hydrogen-bond donors (Lipinski definition) is 0. The van der Waals surface area contributed by atoms with E-state index in [0.29, 0.717) is 22.2 Å². The third-order valence-electron chi connectivity index (χ3n) is 3.64. The number of halogens is 1. The Hall–Kier alpha value is -2.70. The summed E-state index contributed by atoms with van der Waals surface area (Å²) in [6.45, 7) is -0.00119. The van der Waals surface area contributed by atoms with Crippen molar-refractivity contribution in [3.05, 3.63) is 70.5 Å². The highest BCUT2D eigenvalue weighted by Crippen LogP contribution is 2.26. The van der Waals surface area contributed by atoms with Gasteiger partial charge in [0.1, 0.15) is 10.5 Å². The van der Waals surface area contributed by atoms with Crippen molar-refractivity contribution in [1.82, 2.24) is 9.97 Å². The summed E-state index contributed by atoms with van der Waals surface area (Å²) in [5.41, 5.74) is 2.99. The molecule has 0 fully saturated rings. The number of fused-ring (bicyclic) bond motifs is 1. The monoisotopic (exact) mass is 384 g/mol. The molecule has 0 amide bonds. The summed E-state index contributed by atoms with van der Waals surface area (Å²) >= 11 is 7.46. The van der Waals surface area contributed by atoms with Crippen molar-refractivity contribution in [2.75, 3.05) is 0 Å². The largest absolute Gasteiger partial charge is 0.455 e. The quantitative estimate of drug-likeness (QED) is 0.458. The van der Waals surface area contributed by atoms with Crippen LogP contribution in [0.3, 0.4) is 0 Å². The van der Waals surface area contributed by atoms with Gasteiger partial charge in [0.05, 0.1) is 12.1 Å². The van der Waals surface area contributed by atoms with Gasteiger partial charge in [0.2, 0.25) is 5.89 Å². The second kappa shape index (κ2) is 7.27. The van der Waals surface area contributed by atoms with E-state index < -0.39 is 0 Å². The van der Waals surface area contributed by atoms with Crippen LogP contribution in [-0.4, -0.2) is 15.9 Å². The number of benzene rings is 2. The fourth-order valence-corrected chi connectivity index (χ4v) is 3.47. The minimum atomic E-state index is -0.379. The number of esters is 1. The number of nitrogens with zero attached hydrogens (tertiary/aromatic N) is 2. The van der Waals surface area contributed by atoms with Crippen LogP contribution in [0.2, 0.25) is 5.02 Å². The molecule has 0 N–H and O–H groups in total. The zero-order chi connectivity index (χ0) is 17.9. The van der Waals surface area contributed by atoms with Crippen molar-refractivity contribution in [3.63, 3.8) is 0 Å². The molecule has 0 spiro atoms. The maximum absolute atomic E-state index is 12.1. The summed E-state index contributed by atoms with van der Waals surface area (Å²) < 4.78 is 10.8. The van der Waals surface area contributed by atoms with Crippen LogP contribution in [-0.2, 0) is 22.6 Å². The molecule has 2 aromatic carbocycles. The van der Waals surface area contributed by atoms with Crippen molar-refractivity contribution in [2.24, 2.45) is 0 Å². The molecule has 2 heterocycles. The van der Waals surface area contributed by atoms with Gasteiger partial charge in [-0.1, -0.05) is 35.9 Å². The lowest BCUT2D eigenvalue weighted by molar-refractivity contribution is -0.144. The maximum Gasteiger partial charge on any atom is 0.312 e. The number of para-hydroxylation sites is 2. The van der Waals surface area contributed by atoms with E-state index in [-0.39, 0.29) is 19.0 Å². The van der Waals surface area contributed by atoms with Gasteiger partial charge in [0.25, 0.3) is 0 Å². The van der Waals surface area contributed by atoms with E-state index in [9.17, 15) is 4.79 Å². The molecule has 0 saturated carbocycles. The van der Waals surface area contributed by atoms with Crippen molar-refractivity contribution in [1.29, 1.82) is 0 Å². The molecule has 0 saturated heterocycles. The molecule has 0 radical (unpaired) electrons. The lowest BCUT2D eigenvalue weighted by Crippen LogP contribution is -2.08. The van der Waals surface area contributed by atoms with E-state index in [1.54, 1.807) is 0 Å². The van der Waals surface area contributed by atoms with Crippen LogP contribution in [0, 0.1) is 0 Å². The number of rotatable bonds is 5. The van der Waals surface area contributed by atoms with Gasteiger partial charge >= 0.3 is 5.97 Å². The summed E-state index contributed by atoms with van der Waals surface area (Å²) in [5.74, 6) is -0.00681. The van der Waals surface area contributed by atoms with Crippen molar-refractivity contribution in [3.8, 4) is 10.6 Å². The fraction of sp³-hybridized carbons (Fsp3) is 0.105. The molecular formula is C19H13ClN2O3S. The van der Waals surface area contributed by atoms with E-state index in [2.05, 4.69) is 9.97 Å². The second-order valence-corrected chi connectivity index (χ2v) is 6.86. The van der Waals surface area contributed by atoms with Crippen molar-refractivity contribution < 1.29 is 13.9 Å². The lowest BCUT2D eigenvalue weighted by atomic mass is 10.2. The fourth-order valence-electron chi connectivity index (χ4n) is 2.47. The summed E-state index contributed by atoms with van der Waals surface area (Å²) in [5, 5.41) is 3.31. The van der Waals surface area contributed by atoms with E-state index in [1.165, 1.54) is 11.3 Å². The number of oxazole rings is 1. The molecule has 2 aromatic heterocycles. The molecule has 0 unspecified atom stereocenters. The van der Waals surface area contributed by atoms with E-state index in [0.717, 1.165) is 16.1 Å². The molecule has 4 rings (SSSR count). The van der Waals surface area contributed by atoms with Crippen LogP contribution < -0.4 is 0 Å². The first kappa shape index (κ1) is 16.8. The number of thiazole rings is 1. The van der Waals surface area contributed by atoms with Crippen LogP contribution in [0.1, 0.15) is 11.6 Å². The maximum atomic E-state index is 12.1. The Kier molecular flexibility index (Phi) is 4.69. The highest BCUT2D eigenvalue weighted by atomic mass is 35.5. The Morgan fingerprint density at radius 2 is 2.04 bits per heavy atom. The Bertz CT molecular complexity index is 1040. The molecule has 5 nitrogen and oxygen atoms in total. The SMILES string of the molecule is O=C(Cc1csc(-c2cccc(Cl)c2)n1)OCc1nc2ccccc2o1. The van der Waals surface area contributed by atoms with Crippen molar-refractivity contribution in [2.45, 2.75) is 13.0 Å². The van der Waals surface area contributed by atoms with Gasteiger partial charge in [-0.25, -0.2) is 9.97 Å². The minimum Gasteiger partial charge on any atom is -0.455 e. The Labute approximate surface area is 158 Å². The third kappa shape index (κ3) is 3.76. The number of ether oxygens (including phenoxy) is 1. The lowest BCUT2D eigenvalue weighted by Gasteiger charge is -2.00. The molecule has 130 valence electrons. The van der Waals surface area contributed by atoms with Gasteiger partial charge in [-0.2, -0.15) is 0 Å². The Balaban J connectivity index is 1.37. The molecule has 0 atom stereocenters. The topological polar surface area (TPSA) is 65.2 Å². The first-order valence-electron chi connectivity index (χ1n) is 7.88. The number of aromatic nitrogens is 2. The van der Waals surface area contributed by atoms with Gasteiger partial charge in [0, 0.05) is 16.0 Å². The van der Waals surface area contributed by atoms with E-state index in [4.69, 9.17) is 20.8 Å². The summed E-state index contributed by atoms with van der Waals surface area (Å²) in [7, 11) is 0. The molecule has 0 aliphatic rings. The van der Waals surface area contributed by atoms with Gasteiger partial charge in [-0.3, -0.25) is 4.79 Å². The van der Waals surface area contributed by atoms with Crippen LogP contribution in [0.25, 0.3) is 21.7 Å². The van der Waals surface area contributed by atoms with Gasteiger partial charge in [-0.05, 0) is 24.3 Å². The molecule has 0 aliphatic heterocycles. The molecule has 4 aromatic rings. The molecular weight excluding hydrogens is 372 g/mol. The zero-order valence-corrected chi connectivity index (χ0v) is 15.1. The molecule has 0 bridgehead atoms. The average Bonchev–Trinajstić information content (AvgIpc) is 3.26.